The zero-order valence-electron chi connectivity index (χ0n) is 11.8. The van der Waals surface area contributed by atoms with Gasteiger partial charge in [0.25, 0.3) is 5.91 Å². The van der Waals surface area contributed by atoms with Crippen molar-refractivity contribution in [2.45, 2.75) is 25.8 Å². The molecule has 1 aliphatic heterocycles. The number of benzene rings is 1. The molecule has 1 fully saturated rings. The highest BCUT2D eigenvalue weighted by atomic mass is 35.5. The van der Waals surface area contributed by atoms with Crippen molar-refractivity contribution in [3.63, 3.8) is 0 Å². The van der Waals surface area contributed by atoms with Crippen molar-refractivity contribution in [2.75, 3.05) is 18.8 Å². The Labute approximate surface area is 135 Å². The molecule has 1 aliphatic rings. The summed E-state index contributed by atoms with van der Waals surface area (Å²) < 4.78 is 0. The maximum absolute atomic E-state index is 12.5. The predicted octanol–water partition coefficient (Wildman–Crippen LogP) is 2.08. The van der Waals surface area contributed by atoms with Gasteiger partial charge in [0.2, 0.25) is 5.91 Å². The molecular weight excluding hydrogens is 313 g/mol. The molecule has 1 heterocycles. The molecule has 0 spiro atoms. The van der Waals surface area contributed by atoms with E-state index in [1.807, 2.05) is 0 Å². The summed E-state index contributed by atoms with van der Waals surface area (Å²) in [5.74, 6) is -0.195. The van der Waals surface area contributed by atoms with E-state index in [0.29, 0.717) is 29.4 Å². The van der Waals surface area contributed by atoms with Gasteiger partial charge in [-0.1, -0.05) is 11.6 Å². The third-order valence-electron chi connectivity index (χ3n) is 3.34. The number of halogens is 2. The van der Waals surface area contributed by atoms with Crippen LogP contribution < -0.4 is 11.1 Å². The van der Waals surface area contributed by atoms with Gasteiger partial charge in [-0.05, 0) is 31.0 Å². The van der Waals surface area contributed by atoms with Crippen LogP contribution in [-0.2, 0) is 4.79 Å². The lowest BCUT2D eigenvalue weighted by molar-refractivity contribution is -0.120. The first kappa shape index (κ1) is 17.6. The van der Waals surface area contributed by atoms with E-state index in [4.69, 9.17) is 17.3 Å². The Morgan fingerprint density at radius 3 is 2.76 bits per heavy atom. The summed E-state index contributed by atoms with van der Waals surface area (Å²) in [5, 5.41) is 3.21. The molecule has 1 saturated heterocycles. The minimum absolute atomic E-state index is 0. The minimum Gasteiger partial charge on any atom is -0.399 e. The molecule has 3 N–H and O–H groups in total. The Balaban J connectivity index is 0.00000220. The lowest BCUT2D eigenvalue weighted by Gasteiger charge is -2.33. The van der Waals surface area contributed by atoms with Crippen LogP contribution in [0.3, 0.4) is 0 Å². The lowest BCUT2D eigenvalue weighted by atomic mass is 10.0. The van der Waals surface area contributed by atoms with E-state index in [0.717, 1.165) is 12.8 Å². The number of nitrogens with two attached hydrogens (primary N) is 1. The third kappa shape index (κ3) is 4.51. The lowest BCUT2D eigenvalue weighted by Crippen LogP contribution is -2.49. The number of nitrogens with zero attached hydrogens (tertiary/aromatic N) is 1. The highest BCUT2D eigenvalue weighted by Gasteiger charge is 2.25. The van der Waals surface area contributed by atoms with Crippen molar-refractivity contribution < 1.29 is 9.59 Å². The van der Waals surface area contributed by atoms with Crippen molar-refractivity contribution in [1.82, 2.24) is 10.2 Å². The molecule has 5 nitrogen and oxygen atoms in total. The molecule has 0 bridgehead atoms. The molecule has 2 rings (SSSR count). The van der Waals surface area contributed by atoms with Gasteiger partial charge in [-0.2, -0.15) is 0 Å². The van der Waals surface area contributed by atoms with Crippen molar-refractivity contribution in [2.24, 2.45) is 0 Å². The SMILES string of the molecule is CC(=O)NC1CCCN(C(=O)c2ccc(N)cc2Cl)C1.Cl. The first-order valence-electron chi connectivity index (χ1n) is 6.59. The van der Waals surface area contributed by atoms with Gasteiger partial charge >= 0.3 is 0 Å². The number of likely N-dealkylation sites (tertiary alicyclic amines) is 1. The Bertz CT molecular complexity index is 537. The maximum Gasteiger partial charge on any atom is 0.255 e. The summed E-state index contributed by atoms with van der Waals surface area (Å²) in [4.78, 5) is 25.3. The second kappa shape index (κ2) is 7.52. The molecule has 1 atom stereocenters. The summed E-state index contributed by atoms with van der Waals surface area (Å²) in [6.07, 6.45) is 1.75. The van der Waals surface area contributed by atoms with E-state index < -0.39 is 0 Å². The first-order valence-corrected chi connectivity index (χ1v) is 6.96. The molecule has 0 aromatic heterocycles. The topological polar surface area (TPSA) is 75.4 Å². The van der Waals surface area contributed by atoms with Gasteiger partial charge < -0.3 is 16.0 Å². The summed E-state index contributed by atoms with van der Waals surface area (Å²) in [6, 6.07) is 4.89. The van der Waals surface area contributed by atoms with Gasteiger partial charge in [0.15, 0.2) is 0 Å². The van der Waals surface area contributed by atoms with Crippen LogP contribution >= 0.6 is 24.0 Å². The molecule has 0 saturated carbocycles. The van der Waals surface area contributed by atoms with Gasteiger partial charge in [0.05, 0.1) is 10.6 Å². The largest absolute Gasteiger partial charge is 0.399 e. The van der Waals surface area contributed by atoms with Crippen LogP contribution in [0.2, 0.25) is 5.02 Å². The zero-order valence-corrected chi connectivity index (χ0v) is 13.3. The predicted molar refractivity (Wildman–Crippen MR) is 85.9 cm³/mol. The van der Waals surface area contributed by atoms with E-state index in [9.17, 15) is 9.59 Å². The average Bonchev–Trinajstić information content (AvgIpc) is 2.37. The summed E-state index contributed by atoms with van der Waals surface area (Å²) >= 11 is 6.07. The van der Waals surface area contributed by atoms with Crippen LogP contribution in [0, 0.1) is 0 Å². The van der Waals surface area contributed by atoms with Crippen LogP contribution in [0.1, 0.15) is 30.1 Å². The maximum atomic E-state index is 12.5. The molecule has 1 aromatic rings. The number of anilines is 1. The van der Waals surface area contributed by atoms with E-state index in [-0.39, 0.29) is 30.3 Å². The minimum atomic E-state index is -0.120. The normalized spacial score (nSPS) is 17.8. The standard InChI is InChI=1S/C14H18ClN3O2.ClH/c1-9(19)17-11-3-2-6-18(8-11)14(20)12-5-4-10(16)7-13(12)15;/h4-5,7,11H,2-3,6,8,16H2,1H3,(H,17,19);1H. The number of rotatable bonds is 2. The van der Waals surface area contributed by atoms with Crippen LogP contribution in [0.4, 0.5) is 5.69 Å². The zero-order chi connectivity index (χ0) is 14.7. The van der Waals surface area contributed by atoms with Gasteiger partial charge in [-0.25, -0.2) is 0 Å². The van der Waals surface area contributed by atoms with E-state index in [2.05, 4.69) is 5.32 Å². The fourth-order valence-corrected chi connectivity index (χ4v) is 2.71. The Hall–Kier alpha value is -1.46. The van der Waals surface area contributed by atoms with Gasteiger partial charge in [-0.15, -0.1) is 12.4 Å². The molecule has 0 radical (unpaired) electrons. The Morgan fingerprint density at radius 2 is 2.14 bits per heavy atom. The molecule has 7 heteroatoms. The number of carbonyl (C=O) groups excluding carboxylic acids is 2. The number of nitrogens with one attached hydrogen (secondary N) is 1. The fourth-order valence-electron chi connectivity index (χ4n) is 2.44. The molecule has 1 aromatic carbocycles. The number of hydrogen-bond acceptors (Lipinski definition) is 3. The molecular formula is C14H19Cl2N3O2. The Morgan fingerprint density at radius 1 is 1.43 bits per heavy atom. The summed E-state index contributed by atoms with van der Waals surface area (Å²) in [6.45, 7) is 2.67. The molecule has 1 unspecified atom stereocenters. The second-order valence-corrected chi connectivity index (χ2v) is 5.44. The Kier molecular flexibility index (Phi) is 6.30. The van der Waals surface area contributed by atoms with Gasteiger partial charge in [0, 0.05) is 31.7 Å². The number of carbonyl (C=O) groups is 2. The van der Waals surface area contributed by atoms with Crippen LogP contribution in [-0.4, -0.2) is 35.8 Å². The van der Waals surface area contributed by atoms with E-state index in [1.54, 1.807) is 23.1 Å². The van der Waals surface area contributed by atoms with Crippen LogP contribution in [0.5, 0.6) is 0 Å². The quantitative estimate of drug-likeness (QED) is 0.814. The van der Waals surface area contributed by atoms with Crippen LogP contribution in [0.15, 0.2) is 18.2 Å². The number of piperidine rings is 1. The molecule has 0 aliphatic carbocycles. The smallest absolute Gasteiger partial charge is 0.255 e. The average molecular weight is 332 g/mol. The monoisotopic (exact) mass is 331 g/mol. The molecule has 21 heavy (non-hydrogen) atoms. The van der Waals surface area contributed by atoms with E-state index in [1.165, 1.54) is 6.92 Å². The number of hydrogen-bond donors (Lipinski definition) is 2. The number of nitrogen functional groups attached to an aromatic ring is 1. The number of amides is 2. The van der Waals surface area contributed by atoms with Crippen molar-refractivity contribution in [1.29, 1.82) is 0 Å². The first-order chi connectivity index (χ1) is 9.47. The van der Waals surface area contributed by atoms with Crippen molar-refractivity contribution in [3.05, 3.63) is 28.8 Å². The highest BCUT2D eigenvalue weighted by molar-refractivity contribution is 6.34. The van der Waals surface area contributed by atoms with Gasteiger partial charge in [0.1, 0.15) is 0 Å². The second-order valence-electron chi connectivity index (χ2n) is 5.03. The summed E-state index contributed by atoms with van der Waals surface area (Å²) in [5.41, 5.74) is 6.60. The fraction of sp³-hybridized carbons (Fsp3) is 0.429. The molecule has 116 valence electrons. The van der Waals surface area contributed by atoms with E-state index >= 15 is 0 Å². The highest BCUT2D eigenvalue weighted by Crippen LogP contribution is 2.22. The van der Waals surface area contributed by atoms with Crippen LogP contribution in [0.25, 0.3) is 0 Å². The summed E-state index contributed by atoms with van der Waals surface area (Å²) in [7, 11) is 0. The molecule has 2 amide bonds. The van der Waals surface area contributed by atoms with Crippen molar-refractivity contribution >= 4 is 41.5 Å². The third-order valence-corrected chi connectivity index (χ3v) is 3.65. The van der Waals surface area contributed by atoms with Crippen molar-refractivity contribution in [3.8, 4) is 0 Å². The van der Waals surface area contributed by atoms with Gasteiger partial charge in [-0.3, -0.25) is 9.59 Å².